The summed E-state index contributed by atoms with van der Waals surface area (Å²) >= 11 is 0. The summed E-state index contributed by atoms with van der Waals surface area (Å²) in [5.41, 5.74) is -0.806. The fourth-order valence-electron chi connectivity index (χ4n) is 3.39. The second-order valence-electron chi connectivity index (χ2n) is 6.29. The molecule has 1 aliphatic carbocycles. The third kappa shape index (κ3) is 2.13. The number of amides is 2. The summed E-state index contributed by atoms with van der Waals surface area (Å²) < 4.78 is 0. The lowest BCUT2D eigenvalue weighted by atomic mass is 9.87. The number of nitrogens with one attached hydrogen (secondary N) is 1. The standard InChI is InChI=1S/C14H24N2O2/c1-4-7-13(2,3)16-10-11(17)15-14(12(16)18)8-5-6-9-14/h4-10H2,1-3H3,(H,15,17). The van der Waals surface area contributed by atoms with Crippen LogP contribution in [0.2, 0.25) is 0 Å². The van der Waals surface area contributed by atoms with Gasteiger partial charge in [0.05, 0.1) is 0 Å². The van der Waals surface area contributed by atoms with Gasteiger partial charge in [-0.3, -0.25) is 9.59 Å². The van der Waals surface area contributed by atoms with Crippen LogP contribution in [0.15, 0.2) is 0 Å². The van der Waals surface area contributed by atoms with E-state index in [0.717, 1.165) is 38.5 Å². The fraction of sp³-hybridized carbons (Fsp3) is 0.857. The smallest absolute Gasteiger partial charge is 0.249 e. The van der Waals surface area contributed by atoms with E-state index >= 15 is 0 Å². The van der Waals surface area contributed by atoms with Crippen molar-refractivity contribution in [1.82, 2.24) is 10.2 Å². The highest BCUT2D eigenvalue weighted by atomic mass is 16.2. The molecule has 18 heavy (non-hydrogen) atoms. The lowest BCUT2D eigenvalue weighted by Gasteiger charge is -2.47. The summed E-state index contributed by atoms with van der Waals surface area (Å²) in [5, 5.41) is 2.96. The maximum atomic E-state index is 12.7. The molecule has 1 aliphatic heterocycles. The van der Waals surface area contributed by atoms with Crippen LogP contribution in [0.4, 0.5) is 0 Å². The number of carbonyl (C=O) groups excluding carboxylic acids is 2. The first-order chi connectivity index (χ1) is 8.41. The van der Waals surface area contributed by atoms with E-state index in [1.807, 2.05) is 0 Å². The number of nitrogens with zero attached hydrogens (tertiary/aromatic N) is 1. The molecule has 0 radical (unpaired) electrons. The van der Waals surface area contributed by atoms with Crippen LogP contribution in [-0.4, -0.2) is 34.3 Å². The molecule has 1 N–H and O–H groups in total. The highest BCUT2D eigenvalue weighted by Gasteiger charge is 2.51. The minimum Gasteiger partial charge on any atom is -0.340 e. The largest absolute Gasteiger partial charge is 0.340 e. The SMILES string of the molecule is CCCC(C)(C)N1CC(=O)NC2(CCCC2)C1=O. The molecule has 0 aromatic carbocycles. The monoisotopic (exact) mass is 252 g/mol. The van der Waals surface area contributed by atoms with E-state index in [0.29, 0.717) is 0 Å². The van der Waals surface area contributed by atoms with Crippen molar-refractivity contribution in [2.24, 2.45) is 0 Å². The third-order valence-electron chi connectivity index (χ3n) is 4.38. The molecule has 0 atom stereocenters. The summed E-state index contributed by atoms with van der Waals surface area (Å²) in [6.07, 6.45) is 5.63. The first kappa shape index (κ1) is 13.4. The van der Waals surface area contributed by atoms with Crippen molar-refractivity contribution in [1.29, 1.82) is 0 Å². The van der Waals surface area contributed by atoms with Gasteiger partial charge in [-0.05, 0) is 33.1 Å². The summed E-state index contributed by atoms with van der Waals surface area (Å²) in [5.74, 6) is 0.138. The van der Waals surface area contributed by atoms with Gasteiger partial charge in [0.2, 0.25) is 11.8 Å². The van der Waals surface area contributed by atoms with Gasteiger partial charge in [0.1, 0.15) is 12.1 Å². The Morgan fingerprint density at radius 1 is 1.28 bits per heavy atom. The second kappa shape index (κ2) is 4.56. The van der Waals surface area contributed by atoms with E-state index in [1.165, 1.54) is 0 Å². The Balaban J connectivity index is 2.25. The van der Waals surface area contributed by atoms with Gasteiger partial charge in [-0.15, -0.1) is 0 Å². The average Bonchev–Trinajstić information content (AvgIpc) is 2.72. The molecule has 2 rings (SSSR count). The third-order valence-corrected chi connectivity index (χ3v) is 4.38. The lowest BCUT2D eigenvalue weighted by molar-refractivity contribution is -0.155. The van der Waals surface area contributed by atoms with Crippen LogP contribution in [0, 0.1) is 0 Å². The summed E-state index contributed by atoms with van der Waals surface area (Å²) in [6, 6.07) is 0. The van der Waals surface area contributed by atoms with Crippen molar-refractivity contribution in [3.8, 4) is 0 Å². The van der Waals surface area contributed by atoms with E-state index in [-0.39, 0.29) is 23.9 Å². The Morgan fingerprint density at radius 3 is 2.44 bits per heavy atom. The molecule has 102 valence electrons. The van der Waals surface area contributed by atoms with Gasteiger partial charge in [-0.1, -0.05) is 26.2 Å². The van der Waals surface area contributed by atoms with Crippen LogP contribution >= 0.6 is 0 Å². The Labute approximate surface area is 109 Å². The molecule has 2 aliphatic rings. The van der Waals surface area contributed by atoms with Gasteiger partial charge < -0.3 is 10.2 Å². The molecule has 2 amide bonds. The number of hydrogen-bond acceptors (Lipinski definition) is 2. The zero-order chi connectivity index (χ0) is 13.4. The quantitative estimate of drug-likeness (QED) is 0.833. The number of carbonyl (C=O) groups is 2. The first-order valence-corrected chi connectivity index (χ1v) is 7.04. The van der Waals surface area contributed by atoms with Crippen LogP contribution in [0.1, 0.15) is 59.3 Å². The number of hydrogen-bond donors (Lipinski definition) is 1. The van der Waals surface area contributed by atoms with Gasteiger partial charge in [0, 0.05) is 5.54 Å². The molecule has 1 spiro atoms. The van der Waals surface area contributed by atoms with Crippen molar-refractivity contribution in [2.75, 3.05) is 6.54 Å². The molecule has 0 aromatic rings. The zero-order valence-corrected chi connectivity index (χ0v) is 11.7. The topological polar surface area (TPSA) is 49.4 Å². The molecule has 1 saturated heterocycles. The van der Waals surface area contributed by atoms with E-state index < -0.39 is 5.54 Å². The predicted octanol–water partition coefficient (Wildman–Crippen LogP) is 1.84. The maximum absolute atomic E-state index is 12.7. The van der Waals surface area contributed by atoms with E-state index in [4.69, 9.17) is 0 Å². The number of rotatable bonds is 3. The average molecular weight is 252 g/mol. The first-order valence-electron chi connectivity index (χ1n) is 7.04. The molecular weight excluding hydrogens is 228 g/mol. The second-order valence-corrected chi connectivity index (χ2v) is 6.29. The highest BCUT2D eigenvalue weighted by molar-refractivity contribution is 5.98. The van der Waals surface area contributed by atoms with Crippen molar-refractivity contribution in [3.63, 3.8) is 0 Å². The molecule has 1 saturated carbocycles. The van der Waals surface area contributed by atoms with Gasteiger partial charge in [0.25, 0.3) is 0 Å². The normalized spacial score (nSPS) is 23.6. The molecule has 4 heteroatoms. The Kier molecular flexibility index (Phi) is 3.39. The van der Waals surface area contributed by atoms with Crippen LogP contribution in [-0.2, 0) is 9.59 Å². The van der Waals surface area contributed by atoms with E-state index in [2.05, 4.69) is 26.1 Å². The van der Waals surface area contributed by atoms with Crippen LogP contribution in [0.3, 0.4) is 0 Å². The summed E-state index contributed by atoms with van der Waals surface area (Å²) in [6.45, 7) is 6.46. The highest BCUT2D eigenvalue weighted by Crippen LogP contribution is 2.36. The maximum Gasteiger partial charge on any atom is 0.249 e. The Hall–Kier alpha value is -1.06. The van der Waals surface area contributed by atoms with Crippen molar-refractivity contribution in [2.45, 2.75) is 70.4 Å². The van der Waals surface area contributed by atoms with Crippen LogP contribution in [0.5, 0.6) is 0 Å². The van der Waals surface area contributed by atoms with Crippen LogP contribution in [0.25, 0.3) is 0 Å². The molecule has 0 aromatic heterocycles. The van der Waals surface area contributed by atoms with Gasteiger partial charge in [-0.2, -0.15) is 0 Å². The van der Waals surface area contributed by atoms with Crippen molar-refractivity contribution >= 4 is 11.8 Å². The van der Waals surface area contributed by atoms with Crippen molar-refractivity contribution in [3.05, 3.63) is 0 Å². The molecule has 2 fully saturated rings. The van der Waals surface area contributed by atoms with E-state index in [9.17, 15) is 9.59 Å². The van der Waals surface area contributed by atoms with Crippen LogP contribution < -0.4 is 5.32 Å². The fourth-order valence-corrected chi connectivity index (χ4v) is 3.39. The van der Waals surface area contributed by atoms with Crippen molar-refractivity contribution < 1.29 is 9.59 Å². The molecule has 0 unspecified atom stereocenters. The van der Waals surface area contributed by atoms with Gasteiger partial charge in [0.15, 0.2) is 0 Å². The zero-order valence-electron chi connectivity index (χ0n) is 11.7. The predicted molar refractivity (Wildman–Crippen MR) is 70.0 cm³/mol. The minimum absolute atomic E-state index is 0.000628. The molecule has 1 heterocycles. The van der Waals surface area contributed by atoms with Gasteiger partial charge in [-0.25, -0.2) is 0 Å². The molecular formula is C14H24N2O2. The summed E-state index contributed by atoms with van der Waals surface area (Å²) in [4.78, 5) is 26.5. The Morgan fingerprint density at radius 2 is 1.89 bits per heavy atom. The van der Waals surface area contributed by atoms with E-state index in [1.54, 1.807) is 4.90 Å². The minimum atomic E-state index is -0.583. The lowest BCUT2D eigenvalue weighted by Crippen LogP contribution is -2.69. The Bertz CT molecular complexity index is 357. The number of piperazine rings is 1. The summed E-state index contributed by atoms with van der Waals surface area (Å²) in [7, 11) is 0. The molecule has 4 nitrogen and oxygen atoms in total. The van der Waals surface area contributed by atoms with Gasteiger partial charge >= 0.3 is 0 Å². The molecule has 0 bridgehead atoms.